The van der Waals surface area contributed by atoms with Crippen LogP contribution in [0.3, 0.4) is 0 Å². The molecule has 0 aliphatic heterocycles. The van der Waals surface area contributed by atoms with Crippen LogP contribution in [-0.2, 0) is 13.5 Å². The highest BCUT2D eigenvalue weighted by molar-refractivity contribution is 5.03. The van der Waals surface area contributed by atoms with Crippen molar-refractivity contribution < 1.29 is 0 Å². The van der Waals surface area contributed by atoms with E-state index >= 15 is 0 Å². The molecule has 1 aromatic rings. The number of rotatable bonds is 8. The Morgan fingerprint density at radius 2 is 2.05 bits per heavy atom. The average Bonchev–Trinajstić information content (AvgIpc) is 2.72. The fourth-order valence-electron chi connectivity index (χ4n) is 2.44. The summed E-state index contributed by atoms with van der Waals surface area (Å²) in [6.07, 6.45) is 10.3. The Labute approximate surface area is 118 Å². The summed E-state index contributed by atoms with van der Waals surface area (Å²) < 4.78 is 1.89. The van der Waals surface area contributed by atoms with Gasteiger partial charge < -0.3 is 5.32 Å². The highest BCUT2D eigenvalue weighted by Gasteiger charge is 2.22. The van der Waals surface area contributed by atoms with E-state index in [4.69, 9.17) is 0 Å². The van der Waals surface area contributed by atoms with Gasteiger partial charge in [-0.15, -0.1) is 0 Å². The second kappa shape index (κ2) is 7.68. The quantitative estimate of drug-likeness (QED) is 0.729. The van der Waals surface area contributed by atoms with E-state index in [0.29, 0.717) is 11.5 Å². The molecular weight excluding hydrogens is 234 g/mol. The van der Waals surface area contributed by atoms with Crippen molar-refractivity contribution in [2.75, 3.05) is 6.54 Å². The molecule has 0 aliphatic rings. The smallest absolute Gasteiger partial charge is 0.0521 e. The highest BCUT2D eigenvalue weighted by atomic mass is 15.2. The van der Waals surface area contributed by atoms with Gasteiger partial charge in [0.15, 0.2) is 0 Å². The van der Waals surface area contributed by atoms with Crippen molar-refractivity contribution in [1.82, 2.24) is 15.1 Å². The van der Waals surface area contributed by atoms with E-state index in [-0.39, 0.29) is 0 Å². The Kier molecular flexibility index (Phi) is 6.56. The van der Waals surface area contributed by atoms with Crippen molar-refractivity contribution in [3.8, 4) is 0 Å². The molecule has 0 spiro atoms. The molecule has 0 aliphatic carbocycles. The Bertz CT molecular complexity index is 349. The van der Waals surface area contributed by atoms with Crippen LogP contribution in [0, 0.1) is 5.41 Å². The number of unbranched alkanes of at least 4 members (excludes halogenated alkanes) is 1. The molecule has 1 N–H and O–H groups in total. The monoisotopic (exact) mass is 265 g/mol. The molecule has 0 bridgehead atoms. The lowest BCUT2D eigenvalue weighted by atomic mass is 9.83. The maximum absolute atomic E-state index is 4.21. The van der Waals surface area contributed by atoms with E-state index in [1.54, 1.807) is 0 Å². The molecule has 19 heavy (non-hydrogen) atoms. The van der Waals surface area contributed by atoms with E-state index < -0.39 is 0 Å². The minimum absolute atomic E-state index is 0.351. The molecule has 110 valence electrons. The van der Waals surface area contributed by atoms with Crippen molar-refractivity contribution in [3.05, 3.63) is 18.0 Å². The van der Waals surface area contributed by atoms with Crippen LogP contribution in [0.4, 0.5) is 0 Å². The van der Waals surface area contributed by atoms with Gasteiger partial charge in [0.2, 0.25) is 0 Å². The first-order valence-electron chi connectivity index (χ1n) is 7.64. The first-order chi connectivity index (χ1) is 8.93. The second-order valence-corrected chi connectivity index (χ2v) is 6.64. The molecule has 0 amide bonds. The summed E-state index contributed by atoms with van der Waals surface area (Å²) >= 11 is 0. The van der Waals surface area contributed by atoms with Crippen LogP contribution in [0.5, 0.6) is 0 Å². The van der Waals surface area contributed by atoms with Crippen molar-refractivity contribution in [3.63, 3.8) is 0 Å². The number of nitrogens with zero attached hydrogens (tertiary/aromatic N) is 2. The average molecular weight is 265 g/mol. The van der Waals surface area contributed by atoms with E-state index in [0.717, 1.165) is 13.0 Å². The van der Waals surface area contributed by atoms with Gasteiger partial charge in [0.25, 0.3) is 0 Å². The summed E-state index contributed by atoms with van der Waals surface area (Å²) in [5.74, 6) is 0. The molecule has 0 saturated carbocycles. The molecule has 1 aromatic heterocycles. The van der Waals surface area contributed by atoms with Crippen molar-refractivity contribution in [2.45, 2.75) is 65.8 Å². The summed E-state index contributed by atoms with van der Waals surface area (Å²) in [6, 6.07) is 0.626. The van der Waals surface area contributed by atoms with Gasteiger partial charge in [0.1, 0.15) is 0 Å². The lowest BCUT2D eigenvalue weighted by Gasteiger charge is -2.32. The largest absolute Gasteiger partial charge is 0.313 e. The van der Waals surface area contributed by atoms with Gasteiger partial charge >= 0.3 is 0 Å². The zero-order chi connectivity index (χ0) is 14.3. The molecule has 1 atom stereocenters. The summed E-state index contributed by atoms with van der Waals surface area (Å²) in [6.45, 7) is 10.4. The van der Waals surface area contributed by atoms with Crippen LogP contribution < -0.4 is 5.32 Å². The molecule has 1 heterocycles. The van der Waals surface area contributed by atoms with Gasteiger partial charge in [-0.2, -0.15) is 5.10 Å². The summed E-state index contributed by atoms with van der Waals surface area (Å²) in [5, 5.41) is 7.91. The summed E-state index contributed by atoms with van der Waals surface area (Å²) in [4.78, 5) is 0. The van der Waals surface area contributed by atoms with Crippen LogP contribution >= 0.6 is 0 Å². The van der Waals surface area contributed by atoms with Crippen molar-refractivity contribution >= 4 is 0 Å². The van der Waals surface area contributed by atoms with E-state index in [1.165, 1.54) is 31.2 Å². The third-order valence-corrected chi connectivity index (χ3v) is 3.65. The molecule has 0 fully saturated rings. The number of aryl methyl sites for hydroxylation is 2. The van der Waals surface area contributed by atoms with E-state index in [1.807, 2.05) is 17.9 Å². The Hall–Kier alpha value is -0.830. The maximum Gasteiger partial charge on any atom is 0.0521 e. The number of hydrogen-bond acceptors (Lipinski definition) is 2. The van der Waals surface area contributed by atoms with Crippen molar-refractivity contribution in [2.24, 2.45) is 12.5 Å². The molecule has 0 radical (unpaired) electrons. The maximum atomic E-state index is 4.21. The number of nitrogens with one attached hydrogen (secondary N) is 1. The number of aromatic nitrogens is 2. The Morgan fingerprint density at radius 3 is 2.58 bits per heavy atom. The van der Waals surface area contributed by atoms with E-state index in [9.17, 15) is 0 Å². The molecular formula is C16H31N3. The zero-order valence-electron chi connectivity index (χ0n) is 13.4. The molecule has 1 unspecified atom stereocenters. The summed E-state index contributed by atoms with van der Waals surface area (Å²) in [7, 11) is 1.98. The lowest BCUT2D eigenvalue weighted by Crippen LogP contribution is -2.40. The fraction of sp³-hybridized carbons (Fsp3) is 0.812. The predicted molar refractivity (Wildman–Crippen MR) is 82.3 cm³/mol. The molecule has 0 saturated heterocycles. The topological polar surface area (TPSA) is 29.9 Å². The third-order valence-electron chi connectivity index (χ3n) is 3.65. The normalized spacial score (nSPS) is 13.7. The fourth-order valence-corrected chi connectivity index (χ4v) is 2.44. The molecule has 1 rings (SSSR count). The van der Waals surface area contributed by atoms with Gasteiger partial charge in [-0.1, -0.05) is 34.1 Å². The number of hydrogen-bond donors (Lipinski definition) is 1. The standard InChI is InChI=1S/C16H31N3/c1-6-11-17-15(16(2,3)4)10-8-7-9-14-12-18-19(5)13-14/h12-13,15,17H,6-11H2,1-5H3. The molecule has 3 nitrogen and oxygen atoms in total. The first kappa shape index (κ1) is 16.2. The predicted octanol–water partition coefficient (Wildman–Crippen LogP) is 3.55. The van der Waals surface area contributed by atoms with Gasteiger partial charge in [-0.05, 0) is 43.2 Å². The van der Waals surface area contributed by atoms with E-state index in [2.05, 4.69) is 44.3 Å². The van der Waals surface area contributed by atoms with Gasteiger partial charge in [0, 0.05) is 19.3 Å². The van der Waals surface area contributed by atoms with Gasteiger partial charge in [0.05, 0.1) is 6.20 Å². The zero-order valence-corrected chi connectivity index (χ0v) is 13.4. The van der Waals surface area contributed by atoms with Crippen LogP contribution in [0.2, 0.25) is 0 Å². The lowest BCUT2D eigenvalue weighted by molar-refractivity contribution is 0.250. The minimum Gasteiger partial charge on any atom is -0.313 e. The van der Waals surface area contributed by atoms with Crippen LogP contribution in [-0.4, -0.2) is 22.4 Å². The third kappa shape index (κ3) is 6.24. The van der Waals surface area contributed by atoms with Crippen molar-refractivity contribution in [1.29, 1.82) is 0 Å². The van der Waals surface area contributed by atoms with Crippen LogP contribution in [0.15, 0.2) is 12.4 Å². The van der Waals surface area contributed by atoms with Crippen LogP contribution in [0.1, 0.15) is 58.9 Å². The van der Waals surface area contributed by atoms with Crippen LogP contribution in [0.25, 0.3) is 0 Å². The molecule has 0 aromatic carbocycles. The van der Waals surface area contributed by atoms with Gasteiger partial charge in [-0.3, -0.25) is 4.68 Å². The molecule has 3 heteroatoms. The Morgan fingerprint density at radius 1 is 1.32 bits per heavy atom. The Balaban J connectivity index is 2.27. The van der Waals surface area contributed by atoms with Gasteiger partial charge in [-0.25, -0.2) is 0 Å². The first-order valence-corrected chi connectivity index (χ1v) is 7.64. The summed E-state index contributed by atoms with van der Waals surface area (Å²) in [5.41, 5.74) is 1.71. The minimum atomic E-state index is 0.351. The highest BCUT2D eigenvalue weighted by Crippen LogP contribution is 2.23. The second-order valence-electron chi connectivity index (χ2n) is 6.64. The SMILES string of the molecule is CCCNC(CCCCc1cnn(C)c1)C(C)(C)C.